The van der Waals surface area contributed by atoms with E-state index in [4.69, 9.17) is 19.7 Å². The predicted octanol–water partition coefficient (Wildman–Crippen LogP) is 2.23. The van der Waals surface area contributed by atoms with Gasteiger partial charge in [-0.05, 0) is 13.8 Å². The topological polar surface area (TPSA) is 93.1 Å². The molecule has 114 valence electrons. The average Bonchev–Trinajstić information content (AvgIpc) is 2.36. The number of allylic oxidation sites excluding steroid dienone is 2. The molecule has 0 saturated carbocycles. The Morgan fingerprint density at radius 2 is 1.45 bits per heavy atom. The van der Waals surface area contributed by atoms with Gasteiger partial charge < -0.3 is 19.7 Å². The van der Waals surface area contributed by atoms with E-state index < -0.39 is 11.9 Å². The quantitative estimate of drug-likeness (QED) is 0.292. The summed E-state index contributed by atoms with van der Waals surface area (Å²) in [6.45, 7) is 8.90. The summed E-state index contributed by atoms with van der Waals surface area (Å²) in [7, 11) is 0. The van der Waals surface area contributed by atoms with E-state index in [0.29, 0.717) is 13.2 Å². The Balaban J connectivity index is 0. The van der Waals surface area contributed by atoms with E-state index in [0.717, 1.165) is 30.7 Å². The van der Waals surface area contributed by atoms with E-state index in [9.17, 15) is 9.59 Å². The lowest BCUT2D eigenvalue weighted by Gasteiger charge is -2.13. The van der Waals surface area contributed by atoms with Gasteiger partial charge in [0.15, 0.2) is 6.29 Å². The third-order valence-electron chi connectivity index (χ3n) is 1.65. The maximum Gasteiger partial charge on any atom is 0.328 e. The van der Waals surface area contributed by atoms with Crippen molar-refractivity contribution >= 4 is 11.9 Å². The van der Waals surface area contributed by atoms with Gasteiger partial charge >= 0.3 is 11.9 Å². The highest BCUT2D eigenvalue weighted by Crippen LogP contribution is 2.00. The molecule has 20 heavy (non-hydrogen) atoms. The van der Waals surface area contributed by atoms with Gasteiger partial charge in [0.25, 0.3) is 0 Å². The van der Waals surface area contributed by atoms with Crippen molar-refractivity contribution < 1.29 is 29.3 Å². The molecule has 0 amide bonds. The first-order valence-corrected chi connectivity index (χ1v) is 6.12. The minimum Gasteiger partial charge on any atom is -0.478 e. The Morgan fingerprint density at radius 3 is 1.70 bits per heavy atom. The second kappa shape index (κ2) is 15.1. The Morgan fingerprint density at radius 1 is 1.05 bits per heavy atom. The van der Waals surface area contributed by atoms with E-state index in [1.165, 1.54) is 0 Å². The molecule has 0 aromatic heterocycles. The normalized spacial score (nSPS) is 10.6. The molecule has 0 heterocycles. The van der Waals surface area contributed by atoms with Gasteiger partial charge in [-0.15, -0.1) is 6.58 Å². The van der Waals surface area contributed by atoms with Crippen LogP contribution in [0.2, 0.25) is 0 Å². The van der Waals surface area contributed by atoms with E-state index in [2.05, 4.69) is 6.58 Å². The number of aliphatic carboxylic acids is 2. The van der Waals surface area contributed by atoms with Crippen LogP contribution in [0.15, 0.2) is 37.0 Å². The first-order chi connectivity index (χ1) is 9.47. The van der Waals surface area contributed by atoms with Crippen molar-refractivity contribution in [3.63, 3.8) is 0 Å². The van der Waals surface area contributed by atoms with Crippen molar-refractivity contribution in [3.8, 4) is 0 Å². The first kappa shape index (κ1) is 20.4. The molecule has 6 heteroatoms. The zero-order chi connectivity index (χ0) is 15.8. The van der Waals surface area contributed by atoms with Crippen molar-refractivity contribution in [2.45, 2.75) is 26.6 Å². The molecule has 0 radical (unpaired) electrons. The molecule has 0 aliphatic heterocycles. The van der Waals surface area contributed by atoms with Crippen LogP contribution in [0, 0.1) is 0 Å². The fourth-order valence-electron chi connectivity index (χ4n) is 0.968. The van der Waals surface area contributed by atoms with Crippen LogP contribution >= 0.6 is 0 Å². The molecule has 0 aliphatic rings. The van der Waals surface area contributed by atoms with Crippen LogP contribution in [0.3, 0.4) is 0 Å². The van der Waals surface area contributed by atoms with Gasteiger partial charge in [0.05, 0.1) is 0 Å². The summed E-state index contributed by atoms with van der Waals surface area (Å²) < 4.78 is 10.5. The van der Waals surface area contributed by atoms with Crippen LogP contribution in [-0.4, -0.2) is 41.7 Å². The number of rotatable bonds is 9. The zero-order valence-electron chi connectivity index (χ0n) is 11.8. The molecule has 0 bridgehead atoms. The van der Waals surface area contributed by atoms with Crippen molar-refractivity contribution in [1.82, 2.24) is 0 Å². The minimum atomic E-state index is -1.10. The van der Waals surface area contributed by atoms with Gasteiger partial charge in [-0.2, -0.15) is 0 Å². The van der Waals surface area contributed by atoms with E-state index in [1.54, 1.807) is 6.08 Å². The van der Waals surface area contributed by atoms with Gasteiger partial charge in [0.2, 0.25) is 0 Å². The lowest BCUT2D eigenvalue weighted by molar-refractivity contribution is -0.133. The Hall–Kier alpha value is -1.92. The van der Waals surface area contributed by atoms with Crippen LogP contribution in [0.4, 0.5) is 0 Å². The molecule has 0 rings (SSSR count). The highest BCUT2D eigenvalue weighted by Gasteiger charge is 2.02. The van der Waals surface area contributed by atoms with Crippen LogP contribution in [0.5, 0.6) is 0 Å². The molecular weight excluding hydrogens is 264 g/mol. The van der Waals surface area contributed by atoms with Gasteiger partial charge in [-0.25, -0.2) is 9.59 Å². The Kier molecular flexibility index (Phi) is 15.4. The lowest BCUT2D eigenvalue weighted by Crippen LogP contribution is -2.15. The van der Waals surface area contributed by atoms with Gasteiger partial charge in [0.1, 0.15) is 0 Å². The van der Waals surface area contributed by atoms with Crippen LogP contribution in [-0.2, 0) is 19.1 Å². The molecule has 0 spiro atoms. The highest BCUT2D eigenvalue weighted by molar-refractivity contribution is 5.82. The molecular formula is C14H22O6. The summed E-state index contributed by atoms with van der Waals surface area (Å²) in [5.41, 5.74) is 0. The zero-order valence-corrected chi connectivity index (χ0v) is 11.8. The average molecular weight is 286 g/mol. The smallest absolute Gasteiger partial charge is 0.328 e. The van der Waals surface area contributed by atoms with E-state index in [1.807, 2.05) is 13.8 Å². The van der Waals surface area contributed by atoms with Crippen molar-refractivity contribution in [3.05, 3.63) is 37.0 Å². The fraction of sp³-hybridized carbons (Fsp3) is 0.429. The lowest BCUT2D eigenvalue weighted by atomic mass is 10.4. The molecule has 0 unspecified atom stereocenters. The van der Waals surface area contributed by atoms with Gasteiger partial charge in [-0.3, -0.25) is 0 Å². The summed E-state index contributed by atoms with van der Waals surface area (Å²) in [4.78, 5) is 19.6. The number of ether oxygens (including phenoxy) is 2. The first-order valence-electron chi connectivity index (χ1n) is 6.12. The van der Waals surface area contributed by atoms with E-state index >= 15 is 0 Å². The third-order valence-corrected chi connectivity index (χ3v) is 1.65. The molecule has 0 aromatic carbocycles. The summed E-state index contributed by atoms with van der Waals surface area (Å²) in [6, 6.07) is 0. The maximum absolute atomic E-state index is 9.78. The molecule has 0 atom stereocenters. The minimum absolute atomic E-state index is 0.0903. The standard InChI is InChI=1S/C8H16O2.C6H6O4/c1-4-7-8(9-5-2)10-6-3;7-5(8)3-1-2-4-6(9)10/h4,8H,1,5-7H2,2-3H3;1-4H,(H,7,8)(H,9,10). The Bertz CT molecular complexity index is 305. The number of hydrogen-bond donors (Lipinski definition) is 2. The molecule has 0 aromatic rings. The van der Waals surface area contributed by atoms with Gasteiger partial charge in [0, 0.05) is 31.8 Å². The monoisotopic (exact) mass is 286 g/mol. The summed E-state index contributed by atoms with van der Waals surface area (Å²) in [6.07, 6.45) is 6.44. The predicted molar refractivity (Wildman–Crippen MR) is 75.4 cm³/mol. The number of hydrogen-bond acceptors (Lipinski definition) is 4. The number of carboxylic acids is 2. The van der Waals surface area contributed by atoms with Crippen molar-refractivity contribution in [1.29, 1.82) is 0 Å². The van der Waals surface area contributed by atoms with E-state index in [-0.39, 0.29) is 6.29 Å². The summed E-state index contributed by atoms with van der Waals surface area (Å²) >= 11 is 0. The van der Waals surface area contributed by atoms with Crippen molar-refractivity contribution in [2.24, 2.45) is 0 Å². The van der Waals surface area contributed by atoms with Crippen LogP contribution in [0.25, 0.3) is 0 Å². The largest absolute Gasteiger partial charge is 0.478 e. The molecule has 0 fully saturated rings. The second-order valence-corrected chi connectivity index (χ2v) is 3.26. The van der Waals surface area contributed by atoms with Crippen LogP contribution < -0.4 is 0 Å². The maximum atomic E-state index is 9.78. The molecule has 0 saturated heterocycles. The SMILES string of the molecule is C=CCC(OCC)OCC.O=C(O)C=CC=CC(=O)O. The third kappa shape index (κ3) is 18.4. The Labute approximate surface area is 119 Å². The highest BCUT2D eigenvalue weighted by atomic mass is 16.7. The molecule has 6 nitrogen and oxygen atoms in total. The molecule has 0 aliphatic carbocycles. The van der Waals surface area contributed by atoms with Gasteiger partial charge in [-0.1, -0.05) is 18.2 Å². The van der Waals surface area contributed by atoms with Crippen molar-refractivity contribution in [2.75, 3.05) is 13.2 Å². The van der Waals surface area contributed by atoms with Crippen LogP contribution in [0.1, 0.15) is 20.3 Å². The summed E-state index contributed by atoms with van der Waals surface area (Å²) in [5.74, 6) is -2.20. The number of carbonyl (C=O) groups is 2. The summed E-state index contributed by atoms with van der Waals surface area (Å²) in [5, 5.41) is 16.0. The second-order valence-electron chi connectivity index (χ2n) is 3.26. The fourth-order valence-corrected chi connectivity index (χ4v) is 0.968. The number of carboxylic acid groups (broad SMARTS) is 2. The molecule has 2 N–H and O–H groups in total.